The molecule has 0 aliphatic carbocycles. The number of benzene rings is 2. The normalized spacial score (nSPS) is 11.9. The molecule has 0 spiro atoms. The fourth-order valence-electron chi connectivity index (χ4n) is 5.25. The van der Waals surface area contributed by atoms with Crippen LogP contribution in [0.2, 0.25) is 0 Å². The van der Waals surface area contributed by atoms with Gasteiger partial charge in [-0.15, -0.1) is 0 Å². The topological polar surface area (TPSA) is 89.3 Å². The molecule has 0 aliphatic rings. The Morgan fingerprint density at radius 2 is 1.09 bits per heavy atom. The van der Waals surface area contributed by atoms with Crippen LogP contribution in [-0.4, -0.2) is 36.5 Å². The first kappa shape index (κ1) is 40.4. The summed E-state index contributed by atoms with van der Waals surface area (Å²) >= 11 is 3.49. The van der Waals surface area contributed by atoms with E-state index in [1.54, 1.807) is 31.2 Å². The number of hydrogen-bond donors (Lipinski definition) is 1. The molecule has 0 radical (unpaired) electrons. The number of amides is 1. The predicted octanol–water partition coefficient (Wildman–Crippen LogP) is 12.0. The van der Waals surface area contributed by atoms with Gasteiger partial charge in [0.25, 0.3) is 5.91 Å². The van der Waals surface area contributed by atoms with Crippen LogP contribution in [0.4, 0.5) is 11.4 Å². The van der Waals surface area contributed by atoms with Crippen molar-refractivity contribution < 1.29 is 19.1 Å². The molecule has 0 saturated carbocycles. The Bertz CT molecular complexity index is 1110. The van der Waals surface area contributed by atoms with Crippen molar-refractivity contribution >= 4 is 39.2 Å². The monoisotopic (exact) mass is 713 g/mol. The summed E-state index contributed by atoms with van der Waals surface area (Å²) in [7, 11) is 0. The number of esters is 1. The lowest BCUT2D eigenvalue weighted by molar-refractivity contribution is -0.145. The Labute approximate surface area is 293 Å². The Morgan fingerprint density at radius 1 is 0.638 bits per heavy atom. The highest BCUT2D eigenvalue weighted by molar-refractivity contribution is 9.09. The zero-order valence-electron chi connectivity index (χ0n) is 29.2. The molecule has 0 fully saturated rings. The van der Waals surface area contributed by atoms with Crippen LogP contribution in [0.3, 0.4) is 0 Å². The molecule has 262 valence electrons. The second-order valence-electron chi connectivity index (χ2n) is 12.5. The Kier molecular flexibility index (Phi) is 23.4. The molecule has 0 aromatic heterocycles. The molecule has 2 aromatic carbocycles. The molecule has 0 heterocycles. The molecular formula is C39H60BrN3O4. The number of azo groups is 1. The minimum absolute atomic E-state index is 0.330. The number of nitrogens with one attached hydrogen (secondary N) is 1. The van der Waals surface area contributed by atoms with Gasteiger partial charge in [0.1, 0.15) is 11.8 Å². The molecule has 0 aliphatic heterocycles. The highest BCUT2D eigenvalue weighted by Crippen LogP contribution is 2.22. The number of hydrogen-bond acceptors (Lipinski definition) is 6. The smallest absolute Gasteiger partial charge is 0.328 e. The van der Waals surface area contributed by atoms with E-state index in [1.807, 2.05) is 24.3 Å². The van der Waals surface area contributed by atoms with E-state index < -0.39 is 12.0 Å². The number of ether oxygens (including phenoxy) is 2. The van der Waals surface area contributed by atoms with Crippen LogP contribution in [0.25, 0.3) is 0 Å². The third-order valence-corrected chi connectivity index (χ3v) is 8.80. The maximum absolute atomic E-state index is 12.7. The van der Waals surface area contributed by atoms with Gasteiger partial charge in [-0.25, -0.2) is 4.79 Å². The summed E-state index contributed by atoms with van der Waals surface area (Å²) in [6.07, 6.45) is 23.8. The first-order valence-corrected chi connectivity index (χ1v) is 19.4. The van der Waals surface area contributed by atoms with E-state index in [0.29, 0.717) is 17.9 Å². The van der Waals surface area contributed by atoms with Crippen molar-refractivity contribution in [3.63, 3.8) is 0 Å². The zero-order valence-corrected chi connectivity index (χ0v) is 30.7. The number of nitrogens with zero attached hydrogens (tertiary/aromatic N) is 2. The average molecular weight is 715 g/mol. The first-order chi connectivity index (χ1) is 23.0. The van der Waals surface area contributed by atoms with Crippen molar-refractivity contribution in [2.24, 2.45) is 10.2 Å². The van der Waals surface area contributed by atoms with Crippen LogP contribution >= 0.6 is 15.9 Å². The van der Waals surface area contributed by atoms with Crippen LogP contribution in [0, 0.1) is 0 Å². The average Bonchev–Trinajstić information content (AvgIpc) is 3.09. The molecule has 8 heteroatoms. The number of carbonyl (C=O) groups is 2. The number of unbranched alkanes of at least 4 members (excludes halogenated alkanes) is 17. The lowest BCUT2D eigenvalue weighted by Gasteiger charge is -2.13. The Hall–Kier alpha value is -2.74. The second-order valence-corrected chi connectivity index (χ2v) is 13.3. The Balaban J connectivity index is 1.58. The van der Waals surface area contributed by atoms with E-state index in [1.165, 1.54) is 103 Å². The molecule has 1 atom stereocenters. The molecule has 2 rings (SSSR count). The number of alkyl halides is 1. The van der Waals surface area contributed by atoms with Gasteiger partial charge in [-0.3, -0.25) is 4.79 Å². The first-order valence-electron chi connectivity index (χ1n) is 18.3. The SMILES string of the molecule is CCCCCCCCCCCCCOC(=O)[C@H](C)NC(=O)c1ccc(N=Nc2ccc(OCCCCCCCCCCBr)cc2)cc1. The lowest BCUT2D eigenvalue weighted by atomic mass is 10.1. The molecule has 0 unspecified atom stereocenters. The summed E-state index contributed by atoms with van der Waals surface area (Å²) in [4.78, 5) is 25.0. The summed E-state index contributed by atoms with van der Waals surface area (Å²) in [5, 5.41) is 12.4. The summed E-state index contributed by atoms with van der Waals surface area (Å²) in [6, 6.07) is 13.7. The molecule has 47 heavy (non-hydrogen) atoms. The lowest BCUT2D eigenvalue weighted by Crippen LogP contribution is -2.39. The number of carbonyl (C=O) groups excluding carboxylic acids is 2. The minimum Gasteiger partial charge on any atom is -0.494 e. The van der Waals surface area contributed by atoms with E-state index in [9.17, 15) is 9.59 Å². The van der Waals surface area contributed by atoms with Gasteiger partial charge in [0.15, 0.2) is 0 Å². The van der Waals surface area contributed by atoms with Gasteiger partial charge in [-0.1, -0.05) is 126 Å². The second kappa shape index (κ2) is 27.2. The summed E-state index contributed by atoms with van der Waals surface area (Å²) in [5.74, 6) is 0.0972. The van der Waals surface area contributed by atoms with Crippen LogP contribution < -0.4 is 10.1 Å². The quantitative estimate of drug-likeness (QED) is 0.0411. The van der Waals surface area contributed by atoms with Gasteiger partial charge in [-0.2, -0.15) is 10.2 Å². The van der Waals surface area contributed by atoms with Crippen LogP contribution in [0.5, 0.6) is 5.75 Å². The summed E-state index contributed by atoms with van der Waals surface area (Å²) in [6.45, 7) is 5.02. The largest absolute Gasteiger partial charge is 0.494 e. The van der Waals surface area contributed by atoms with Crippen molar-refractivity contribution in [1.82, 2.24) is 5.32 Å². The van der Waals surface area contributed by atoms with Gasteiger partial charge in [0, 0.05) is 10.9 Å². The highest BCUT2D eigenvalue weighted by Gasteiger charge is 2.18. The van der Waals surface area contributed by atoms with Gasteiger partial charge >= 0.3 is 5.97 Å². The maximum atomic E-state index is 12.7. The summed E-state index contributed by atoms with van der Waals surface area (Å²) < 4.78 is 11.3. The standard InChI is InChI=1S/C39H60BrN3O4/c1-3-4-5-6-7-8-9-11-15-18-21-32-47-39(45)33(2)41-38(44)34-22-24-35(25-23-34)42-43-36-26-28-37(29-27-36)46-31-20-17-14-12-10-13-16-19-30-40/h22-29,33H,3-21,30-32H2,1-2H3,(H,41,44)/t33-/m0/s1. The summed E-state index contributed by atoms with van der Waals surface area (Å²) in [5.41, 5.74) is 1.80. The highest BCUT2D eigenvalue weighted by atomic mass is 79.9. The maximum Gasteiger partial charge on any atom is 0.328 e. The molecule has 1 amide bonds. The van der Waals surface area contributed by atoms with Gasteiger partial charge < -0.3 is 14.8 Å². The molecule has 2 aromatic rings. The van der Waals surface area contributed by atoms with Gasteiger partial charge in [0.05, 0.1) is 24.6 Å². The van der Waals surface area contributed by atoms with Crippen LogP contribution in [0.15, 0.2) is 58.8 Å². The third-order valence-electron chi connectivity index (χ3n) is 8.24. The van der Waals surface area contributed by atoms with Crippen LogP contribution in [0.1, 0.15) is 146 Å². The minimum atomic E-state index is -0.717. The van der Waals surface area contributed by atoms with E-state index >= 15 is 0 Å². The Morgan fingerprint density at radius 3 is 1.60 bits per heavy atom. The number of rotatable bonds is 28. The van der Waals surface area contributed by atoms with Crippen molar-refractivity contribution in [2.45, 2.75) is 142 Å². The fraction of sp³-hybridized carbons (Fsp3) is 0.641. The fourth-order valence-corrected chi connectivity index (χ4v) is 5.65. The zero-order chi connectivity index (χ0) is 33.8. The predicted molar refractivity (Wildman–Crippen MR) is 198 cm³/mol. The van der Waals surface area contributed by atoms with Gasteiger partial charge in [0.2, 0.25) is 0 Å². The van der Waals surface area contributed by atoms with Crippen molar-refractivity contribution in [2.75, 3.05) is 18.5 Å². The van der Waals surface area contributed by atoms with Crippen molar-refractivity contribution in [1.29, 1.82) is 0 Å². The van der Waals surface area contributed by atoms with E-state index in [-0.39, 0.29) is 5.91 Å². The number of halogens is 1. The van der Waals surface area contributed by atoms with E-state index in [2.05, 4.69) is 38.4 Å². The van der Waals surface area contributed by atoms with Crippen LogP contribution in [-0.2, 0) is 9.53 Å². The molecule has 0 saturated heterocycles. The molecular weight excluding hydrogens is 654 g/mol. The van der Waals surface area contributed by atoms with Gasteiger partial charge in [-0.05, 0) is 74.7 Å². The van der Waals surface area contributed by atoms with E-state index in [0.717, 1.165) is 42.6 Å². The molecule has 0 bridgehead atoms. The third kappa shape index (κ3) is 20.3. The molecule has 7 nitrogen and oxygen atoms in total. The van der Waals surface area contributed by atoms with Crippen molar-refractivity contribution in [3.05, 3.63) is 54.1 Å². The molecule has 1 N–H and O–H groups in total. The van der Waals surface area contributed by atoms with Crippen molar-refractivity contribution in [3.8, 4) is 5.75 Å². The van der Waals surface area contributed by atoms with E-state index in [4.69, 9.17) is 9.47 Å².